The highest BCUT2D eigenvalue weighted by atomic mass is 15.3. The molecular weight excluding hydrogens is 314 g/mol. The van der Waals surface area contributed by atoms with E-state index in [4.69, 9.17) is 0 Å². The number of rotatable bonds is 4. The summed E-state index contributed by atoms with van der Waals surface area (Å²) in [6.45, 7) is 5.10. The average molecular weight is 337 g/mol. The first-order chi connectivity index (χ1) is 12.2. The van der Waals surface area contributed by atoms with Gasteiger partial charge in [0, 0.05) is 58.6 Å². The molecule has 0 bridgehead atoms. The molecule has 7 nitrogen and oxygen atoms in total. The molecule has 0 unspecified atom stereocenters. The van der Waals surface area contributed by atoms with Crippen LogP contribution in [0.5, 0.6) is 0 Å². The first-order valence-electron chi connectivity index (χ1n) is 8.59. The highest BCUT2D eigenvalue weighted by molar-refractivity contribution is 5.53. The second kappa shape index (κ2) is 6.68. The van der Waals surface area contributed by atoms with Crippen molar-refractivity contribution in [1.82, 2.24) is 24.7 Å². The van der Waals surface area contributed by atoms with Crippen LogP contribution in [0, 0.1) is 0 Å². The molecule has 1 aliphatic rings. The van der Waals surface area contributed by atoms with Gasteiger partial charge in [-0.05, 0) is 17.7 Å². The molecule has 3 aromatic rings. The van der Waals surface area contributed by atoms with Crippen molar-refractivity contribution in [2.24, 2.45) is 0 Å². The lowest BCUT2D eigenvalue weighted by atomic mass is 10.1. The molecule has 4 rings (SSSR count). The molecule has 1 fully saturated rings. The second-order valence-electron chi connectivity index (χ2n) is 6.67. The monoisotopic (exact) mass is 337 g/mol. The molecule has 0 spiro atoms. The van der Waals surface area contributed by atoms with Gasteiger partial charge in [-0.2, -0.15) is 5.10 Å². The smallest absolute Gasteiger partial charge is 0.179 e. The number of benzene rings is 1. The van der Waals surface area contributed by atoms with Gasteiger partial charge in [0.15, 0.2) is 5.65 Å². The molecule has 0 atom stereocenters. The lowest BCUT2D eigenvalue weighted by Gasteiger charge is -2.35. The molecule has 130 valence electrons. The maximum Gasteiger partial charge on any atom is 0.179 e. The number of piperazine rings is 1. The van der Waals surface area contributed by atoms with Crippen LogP contribution >= 0.6 is 0 Å². The molecule has 0 radical (unpaired) electrons. The van der Waals surface area contributed by atoms with Gasteiger partial charge in [-0.1, -0.05) is 12.1 Å². The standard InChI is InChI=1S/C18H23N7/c1-22(2)16-5-3-15(4-6-16)13-23-7-9-24(10-8-23)17-11-18-21-19-14-25(18)20-12-17/h3-6,11-12,14H,7-10,13H2,1-2H3. The zero-order chi connectivity index (χ0) is 17.2. The molecule has 0 aliphatic carbocycles. The fraction of sp³-hybridized carbons (Fsp3) is 0.389. The molecule has 0 amide bonds. The fourth-order valence-corrected chi connectivity index (χ4v) is 3.21. The number of hydrogen-bond acceptors (Lipinski definition) is 6. The first-order valence-corrected chi connectivity index (χ1v) is 8.59. The Balaban J connectivity index is 1.36. The Morgan fingerprint density at radius 1 is 1.04 bits per heavy atom. The largest absolute Gasteiger partial charge is 0.378 e. The van der Waals surface area contributed by atoms with E-state index in [-0.39, 0.29) is 0 Å². The molecule has 2 aromatic heterocycles. The van der Waals surface area contributed by atoms with Gasteiger partial charge >= 0.3 is 0 Å². The Bertz CT molecular complexity index is 832. The van der Waals surface area contributed by atoms with E-state index in [0.29, 0.717) is 0 Å². The van der Waals surface area contributed by atoms with E-state index in [1.54, 1.807) is 10.8 Å². The molecule has 1 aromatic carbocycles. The van der Waals surface area contributed by atoms with Gasteiger partial charge in [0.1, 0.15) is 6.33 Å². The summed E-state index contributed by atoms with van der Waals surface area (Å²) >= 11 is 0. The van der Waals surface area contributed by atoms with Gasteiger partial charge in [-0.3, -0.25) is 4.90 Å². The van der Waals surface area contributed by atoms with Gasteiger partial charge in [0.05, 0.1) is 11.9 Å². The maximum absolute atomic E-state index is 4.36. The molecule has 1 saturated heterocycles. The molecule has 3 heterocycles. The third-order valence-corrected chi connectivity index (χ3v) is 4.74. The van der Waals surface area contributed by atoms with Crippen LogP contribution in [0.3, 0.4) is 0 Å². The van der Waals surface area contributed by atoms with Crippen molar-refractivity contribution in [3.05, 3.63) is 48.4 Å². The zero-order valence-electron chi connectivity index (χ0n) is 14.7. The van der Waals surface area contributed by atoms with Crippen LogP contribution in [0.2, 0.25) is 0 Å². The molecule has 0 saturated carbocycles. The first kappa shape index (κ1) is 15.8. The summed E-state index contributed by atoms with van der Waals surface area (Å²) < 4.78 is 1.69. The molecular formula is C18H23N7. The molecule has 25 heavy (non-hydrogen) atoms. The fourth-order valence-electron chi connectivity index (χ4n) is 3.21. The van der Waals surface area contributed by atoms with Crippen LogP contribution in [0.15, 0.2) is 42.9 Å². The zero-order valence-corrected chi connectivity index (χ0v) is 14.7. The van der Waals surface area contributed by atoms with E-state index in [9.17, 15) is 0 Å². The van der Waals surface area contributed by atoms with Crippen molar-refractivity contribution in [3.8, 4) is 0 Å². The molecule has 7 heteroatoms. The number of nitrogens with zero attached hydrogens (tertiary/aromatic N) is 7. The van der Waals surface area contributed by atoms with E-state index in [2.05, 4.69) is 74.4 Å². The summed E-state index contributed by atoms with van der Waals surface area (Å²) in [5.74, 6) is 0. The van der Waals surface area contributed by atoms with Crippen molar-refractivity contribution in [3.63, 3.8) is 0 Å². The number of aromatic nitrogens is 4. The van der Waals surface area contributed by atoms with Crippen LogP contribution < -0.4 is 9.80 Å². The summed E-state index contributed by atoms with van der Waals surface area (Å²) in [5.41, 5.74) is 4.52. The summed E-state index contributed by atoms with van der Waals surface area (Å²) in [5, 5.41) is 12.3. The van der Waals surface area contributed by atoms with Crippen LogP contribution in [0.1, 0.15) is 5.56 Å². The topological polar surface area (TPSA) is 52.8 Å². The van der Waals surface area contributed by atoms with E-state index in [1.807, 2.05) is 6.20 Å². The second-order valence-corrected chi connectivity index (χ2v) is 6.67. The Morgan fingerprint density at radius 3 is 2.52 bits per heavy atom. The van der Waals surface area contributed by atoms with Crippen LogP contribution in [-0.2, 0) is 6.54 Å². The Hall–Kier alpha value is -2.67. The van der Waals surface area contributed by atoms with Gasteiger partial charge < -0.3 is 9.80 Å². The number of anilines is 2. The van der Waals surface area contributed by atoms with E-state index in [1.165, 1.54) is 11.3 Å². The van der Waals surface area contributed by atoms with Crippen molar-refractivity contribution < 1.29 is 0 Å². The third kappa shape index (κ3) is 3.41. The van der Waals surface area contributed by atoms with E-state index in [0.717, 1.165) is 44.1 Å². The Kier molecular flexibility index (Phi) is 4.23. The minimum Gasteiger partial charge on any atom is -0.378 e. The third-order valence-electron chi connectivity index (χ3n) is 4.74. The summed E-state index contributed by atoms with van der Waals surface area (Å²) in [4.78, 5) is 7.00. The van der Waals surface area contributed by atoms with Crippen molar-refractivity contribution >= 4 is 17.0 Å². The quantitative estimate of drug-likeness (QED) is 0.719. The maximum atomic E-state index is 4.36. The minimum absolute atomic E-state index is 0.793. The van der Waals surface area contributed by atoms with Crippen molar-refractivity contribution in [1.29, 1.82) is 0 Å². The number of fused-ring (bicyclic) bond motifs is 1. The van der Waals surface area contributed by atoms with E-state index < -0.39 is 0 Å². The predicted octanol–water partition coefficient (Wildman–Crippen LogP) is 1.51. The van der Waals surface area contributed by atoms with Crippen molar-refractivity contribution in [2.75, 3.05) is 50.1 Å². The van der Waals surface area contributed by atoms with E-state index >= 15 is 0 Å². The van der Waals surface area contributed by atoms with Gasteiger partial charge in [0.2, 0.25) is 0 Å². The van der Waals surface area contributed by atoms with Gasteiger partial charge in [-0.15, -0.1) is 10.2 Å². The lowest BCUT2D eigenvalue weighted by molar-refractivity contribution is 0.250. The van der Waals surface area contributed by atoms with Gasteiger partial charge in [0.25, 0.3) is 0 Å². The number of hydrogen-bond donors (Lipinski definition) is 0. The molecule has 0 N–H and O–H groups in total. The minimum atomic E-state index is 0.793. The SMILES string of the molecule is CN(C)c1ccc(CN2CCN(c3cnn4cnnc4c3)CC2)cc1. The average Bonchev–Trinajstić information content (AvgIpc) is 3.10. The summed E-state index contributed by atoms with van der Waals surface area (Å²) in [6, 6.07) is 10.9. The van der Waals surface area contributed by atoms with Crippen molar-refractivity contribution in [2.45, 2.75) is 6.54 Å². The summed E-state index contributed by atoms with van der Waals surface area (Å²) in [6.07, 6.45) is 3.52. The lowest BCUT2D eigenvalue weighted by Crippen LogP contribution is -2.46. The normalized spacial score (nSPS) is 15.7. The highest BCUT2D eigenvalue weighted by Crippen LogP contribution is 2.18. The Labute approximate surface area is 147 Å². The summed E-state index contributed by atoms with van der Waals surface area (Å²) in [7, 11) is 4.14. The van der Waals surface area contributed by atoms with Crippen LogP contribution in [-0.4, -0.2) is 65.0 Å². The predicted molar refractivity (Wildman–Crippen MR) is 99.0 cm³/mol. The highest BCUT2D eigenvalue weighted by Gasteiger charge is 2.18. The molecule has 1 aliphatic heterocycles. The van der Waals surface area contributed by atoms with Crippen LogP contribution in [0.4, 0.5) is 11.4 Å². The Morgan fingerprint density at radius 2 is 1.80 bits per heavy atom. The van der Waals surface area contributed by atoms with Crippen LogP contribution in [0.25, 0.3) is 5.65 Å². The van der Waals surface area contributed by atoms with Gasteiger partial charge in [-0.25, -0.2) is 4.52 Å².